The Kier molecular flexibility index (Phi) is 2.71. The van der Waals surface area contributed by atoms with E-state index in [9.17, 15) is 0 Å². The second-order valence-electron chi connectivity index (χ2n) is 4.65. The van der Waals surface area contributed by atoms with E-state index in [0.29, 0.717) is 6.04 Å². The SMILES string of the molecule is CCNc1ccnc2c1cnn2C1CCCC1. The van der Waals surface area contributed by atoms with Crippen molar-refractivity contribution in [1.82, 2.24) is 14.8 Å². The quantitative estimate of drug-likeness (QED) is 0.881. The lowest BCUT2D eigenvalue weighted by atomic mass is 10.2. The fourth-order valence-corrected chi connectivity index (χ4v) is 2.71. The first kappa shape index (κ1) is 10.6. The molecule has 1 saturated carbocycles. The molecule has 1 fully saturated rings. The normalized spacial score (nSPS) is 16.8. The van der Waals surface area contributed by atoms with Gasteiger partial charge in [0.25, 0.3) is 0 Å². The van der Waals surface area contributed by atoms with Crippen LogP contribution in [0.15, 0.2) is 18.5 Å². The number of hydrogen-bond acceptors (Lipinski definition) is 3. The zero-order valence-corrected chi connectivity index (χ0v) is 10.2. The van der Waals surface area contributed by atoms with Crippen LogP contribution in [0, 0.1) is 0 Å². The van der Waals surface area contributed by atoms with Crippen LogP contribution >= 0.6 is 0 Å². The summed E-state index contributed by atoms with van der Waals surface area (Å²) in [4.78, 5) is 4.49. The molecule has 1 aliphatic carbocycles. The van der Waals surface area contributed by atoms with Crippen LogP contribution in [0.3, 0.4) is 0 Å². The van der Waals surface area contributed by atoms with Gasteiger partial charge in [0.1, 0.15) is 0 Å². The van der Waals surface area contributed by atoms with Crippen molar-refractivity contribution in [3.8, 4) is 0 Å². The molecular formula is C13H18N4. The van der Waals surface area contributed by atoms with Crippen molar-refractivity contribution in [2.75, 3.05) is 11.9 Å². The zero-order chi connectivity index (χ0) is 11.7. The third kappa shape index (κ3) is 1.77. The fourth-order valence-electron chi connectivity index (χ4n) is 2.71. The minimum Gasteiger partial charge on any atom is -0.385 e. The van der Waals surface area contributed by atoms with E-state index in [4.69, 9.17) is 0 Å². The Morgan fingerprint density at radius 3 is 3.00 bits per heavy atom. The Bertz CT molecular complexity index is 511. The number of anilines is 1. The van der Waals surface area contributed by atoms with Crippen molar-refractivity contribution >= 4 is 16.7 Å². The van der Waals surface area contributed by atoms with E-state index in [1.54, 1.807) is 0 Å². The van der Waals surface area contributed by atoms with Gasteiger partial charge in [-0.15, -0.1) is 0 Å². The highest BCUT2D eigenvalue weighted by atomic mass is 15.3. The monoisotopic (exact) mass is 230 g/mol. The lowest BCUT2D eigenvalue weighted by Gasteiger charge is -2.11. The van der Waals surface area contributed by atoms with Crippen LogP contribution < -0.4 is 5.32 Å². The molecular weight excluding hydrogens is 212 g/mol. The Morgan fingerprint density at radius 1 is 1.41 bits per heavy atom. The van der Waals surface area contributed by atoms with Crippen molar-refractivity contribution in [2.24, 2.45) is 0 Å². The van der Waals surface area contributed by atoms with Crippen molar-refractivity contribution in [2.45, 2.75) is 38.6 Å². The van der Waals surface area contributed by atoms with Gasteiger partial charge in [0.2, 0.25) is 0 Å². The molecule has 1 N–H and O–H groups in total. The Balaban J connectivity index is 2.06. The highest BCUT2D eigenvalue weighted by molar-refractivity contribution is 5.88. The van der Waals surface area contributed by atoms with E-state index in [-0.39, 0.29) is 0 Å². The molecule has 0 bridgehead atoms. The fraction of sp³-hybridized carbons (Fsp3) is 0.538. The van der Waals surface area contributed by atoms with Crippen LogP contribution in [-0.2, 0) is 0 Å². The first-order valence-electron chi connectivity index (χ1n) is 6.46. The zero-order valence-electron chi connectivity index (χ0n) is 10.2. The maximum atomic E-state index is 4.53. The standard InChI is InChI=1S/C13H18N4/c1-2-14-12-7-8-15-13-11(12)9-16-17(13)10-5-3-4-6-10/h7-10H,2-6H2,1H3,(H,14,15). The van der Waals surface area contributed by atoms with Gasteiger partial charge in [-0.3, -0.25) is 0 Å². The van der Waals surface area contributed by atoms with E-state index >= 15 is 0 Å². The number of pyridine rings is 1. The molecule has 0 aliphatic heterocycles. The van der Waals surface area contributed by atoms with E-state index < -0.39 is 0 Å². The summed E-state index contributed by atoms with van der Waals surface area (Å²) in [6.07, 6.45) is 8.93. The molecule has 0 aromatic carbocycles. The molecule has 17 heavy (non-hydrogen) atoms. The molecule has 90 valence electrons. The summed E-state index contributed by atoms with van der Waals surface area (Å²) >= 11 is 0. The maximum Gasteiger partial charge on any atom is 0.160 e. The molecule has 0 saturated heterocycles. The molecule has 4 heteroatoms. The predicted molar refractivity (Wildman–Crippen MR) is 69.2 cm³/mol. The third-order valence-electron chi connectivity index (χ3n) is 3.54. The minimum atomic E-state index is 0.553. The van der Waals surface area contributed by atoms with Crippen molar-refractivity contribution < 1.29 is 0 Å². The molecule has 3 rings (SSSR count). The van der Waals surface area contributed by atoms with Crippen molar-refractivity contribution in [1.29, 1.82) is 0 Å². The number of rotatable bonds is 3. The van der Waals surface area contributed by atoms with Gasteiger partial charge in [0, 0.05) is 18.4 Å². The summed E-state index contributed by atoms with van der Waals surface area (Å²) in [5, 5.41) is 9.04. The summed E-state index contributed by atoms with van der Waals surface area (Å²) in [6, 6.07) is 2.57. The third-order valence-corrected chi connectivity index (χ3v) is 3.54. The summed E-state index contributed by atoms with van der Waals surface area (Å²) in [6.45, 7) is 3.03. The van der Waals surface area contributed by atoms with Crippen molar-refractivity contribution in [3.05, 3.63) is 18.5 Å². The highest BCUT2D eigenvalue weighted by Gasteiger charge is 2.20. The molecule has 2 aromatic heterocycles. The van der Waals surface area contributed by atoms with Gasteiger partial charge in [-0.05, 0) is 25.8 Å². The molecule has 0 spiro atoms. The number of hydrogen-bond donors (Lipinski definition) is 1. The maximum absolute atomic E-state index is 4.53. The van der Waals surface area contributed by atoms with Crippen molar-refractivity contribution in [3.63, 3.8) is 0 Å². The summed E-state index contributed by atoms with van der Waals surface area (Å²) in [7, 11) is 0. The molecule has 2 heterocycles. The van der Waals surface area contributed by atoms with Gasteiger partial charge in [0.15, 0.2) is 5.65 Å². The Hall–Kier alpha value is -1.58. The molecule has 0 atom stereocenters. The van der Waals surface area contributed by atoms with E-state index in [1.807, 2.05) is 18.5 Å². The van der Waals surface area contributed by atoms with Crippen LogP contribution in [-0.4, -0.2) is 21.3 Å². The second kappa shape index (κ2) is 4.35. The second-order valence-corrected chi connectivity index (χ2v) is 4.65. The van der Waals surface area contributed by atoms with Gasteiger partial charge < -0.3 is 5.32 Å². The molecule has 0 unspecified atom stereocenters. The molecule has 0 radical (unpaired) electrons. The molecule has 0 amide bonds. The summed E-state index contributed by atoms with van der Waals surface area (Å²) in [5.74, 6) is 0. The minimum absolute atomic E-state index is 0.553. The van der Waals surface area contributed by atoms with E-state index in [1.165, 1.54) is 25.7 Å². The average molecular weight is 230 g/mol. The first-order valence-corrected chi connectivity index (χ1v) is 6.46. The first-order chi connectivity index (χ1) is 8.40. The lowest BCUT2D eigenvalue weighted by Crippen LogP contribution is -2.07. The number of fused-ring (bicyclic) bond motifs is 1. The molecule has 2 aromatic rings. The van der Waals surface area contributed by atoms with E-state index in [0.717, 1.165) is 23.3 Å². The summed E-state index contributed by atoms with van der Waals surface area (Å²) < 4.78 is 2.11. The van der Waals surface area contributed by atoms with Crippen LogP contribution in [0.2, 0.25) is 0 Å². The van der Waals surface area contributed by atoms with Crippen LogP contribution in [0.1, 0.15) is 38.6 Å². The number of nitrogens with zero attached hydrogens (tertiary/aromatic N) is 3. The van der Waals surface area contributed by atoms with Gasteiger partial charge in [-0.25, -0.2) is 9.67 Å². The van der Waals surface area contributed by atoms with Crippen LogP contribution in [0.4, 0.5) is 5.69 Å². The predicted octanol–water partition coefficient (Wildman–Crippen LogP) is 2.98. The highest BCUT2D eigenvalue weighted by Crippen LogP contribution is 2.32. The number of aromatic nitrogens is 3. The van der Waals surface area contributed by atoms with Crippen LogP contribution in [0.25, 0.3) is 11.0 Å². The van der Waals surface area contributed by atoms with Crippen LogP contribution in [0.5, 0.6) is 0 Å². The number of nitrogens with one attached hydrogen (secondary N) is 1. The molecule has 4 nitrogen and oxygen atoms in total. The van der Waals surface area contributed by atoms with Gasteiger partial charge >= 0.3 is 0 Å². The average Bonchev–Trinajstić information content (AvgIpc) is 2.97. The smallest absolute Gasteiger partial charge is 0.160 e. The Morgan fingerprint density at radius 2 is 2.24 bits per heavy atom. The summed E-state index contributed by atoms with van der Waals surface area (Å²) in [5.41, 5.74) is 2.16. The topological polar surface area (TPSA) is 42.7 Å². The van der Waals surface area contributed by atoms with E-state index in [2.05, 4.69) is 27.0 Å². The molecule has 1 aliphatic rings. The largest absolute Gasteiger partial charge is 0.385 e. The van der Waals surface area contributed by atoms with Gasteiger partial charge in [-0.2, -0.15) is 5.10 Å². The van der Waals surface area contributed by atoms with Gasteiger partial charge in [0.05, 0.1) is 17.6 Å². The Labute approximate surface area is 101 Å². The van der Waals surface area contributed by atoms with Gasteiger partial charge in [-0.1, -0.05) is 12.8 Å². The lowest BCUT2D eigenvalue weighted by molar-refractivity contribution is 0.478.